The fraction of sp³-hybridized carbons (Fsp3) is 0.227. The van der Waals surface area contributed by atoms with Crippen LogP contribution in [0.5, 0.6) is 11.5 Å². The number of anilines is 1. The average molecular weight is 392 g/mol. The lowest BCUT2D eigenvalue weighted by atomic mass is 10.1. The van der Waals surface area contributed by atoms with Crippen molar-refractivity contribution in [3.8, 4) is 11.5 Å². The number of carbonyl (C=O) groups is 1. The van der Waals surface area contributed by atoms with E-state index in [0.29, 0.717) is 42.4 Å². The number of rotatable bonds is 9. The van der Waals surface area contributed by atoms with Gasteiger partial charge < -0.3 is 20.1 Å². The van der Waals surface area contributed by atoms with Crippen LogP contribution in [0.25, 0.3) is 0 Å². The summed E-state index contributed by atoms with van der Waals surface area (Å²) in [6.45, 7) is 1.13. The zero-order valence-electron chi connectivity index (χ0n) is 16.5. The van der Waals surface area contributed by atoms with Gasteiger partial charge in [0.15, 0.2) is 11.5 Å². The summed E-state index contributed by atoms with van der Waals surface area (Å²) in [5.41, 5.74) is 2.63. The predicted molar refractivity (Wildman–Crippen MR) is 111 cm³/mol. The second-order valence-corrected chi connectivity index (χ2v) is 6.34. The van der Waals surface area contributed by atoms with E-state index in [1.165, 1.54) is 0 Å². The fourth-order valence-corrected chi connectivity index (χ4v) is 2.79. The Morgan fingerprint density at radius 3 is 2.55 bits per heavy atom. The highest BCUT2D eigenvalue weighted by atomic mass is 16.5. The van der Waals surface area contributed by atoms with Gasteiger partial charge in [0, 0.05) is 31.7 Å². The SMILES string of the molecule is COc1ccc(CCNC(=O)c2ccc(NCc3cccnc3)nc2)cc1OC. The van der Waals surface area contributed by atoms with Crippen LogP contribution in [-0.2, 0) is 13.0 Å². The van der Waals surface area contributed by atoms with E-state index < -0.39 is 0 Å². The summed E-state index contributed by atoms with van der Waals surface area (Å²) in [5.74, 6) is 1.91. The predicted octanol–water partition coefficient (Wildman–Crippen LogP) is 3.08. The maximum Gasteiger partial charge on any atom is 0.252 e. The molecule has 2 heterocycles. The van der Waals surface area contributed by atoms with Gasteiger partial charge >= 0.3 is 0 Å². The number of methoxy groups -OCH3 is 2. The van der Waals surface area contributed by atoms with Gasteiger partial charge in [-0.15, -0.1) is 0 Å². The highest BCUT2D eigenvalue weighted by Crippen LogP contribution is 2.27. The molecule has 0 aliphatic rings. The lowest BCUT2D eigenvalue weighted by molar-refractivity contribution is 0.0954. The fourth-order valence-electron chi connectivity index (χ4n) is 2.79. The van der Waals surface area contributed by atoms with Crippen molar-refractivity contribution in [2.75, 3.05) is 26.1 Å². The number of nitrogens with one attached hydrogen (secondary N) is 2. The molecule has 2 aromatic heterocycles. The van der Waals surface area contributed by atoms with Gasteiger partial charge in [-0.05, 0) is 47.9 Å². The third-order valence-corrected chi connectivity index (χ3v) is 4.37. The van der Waals surface area contributed by atoms with E-state index in [2.05, 4.69) is 20.6 Å². The molecule has 29 heavy (non-hydrogen) atoms. The molecule has 1 aromatic carbocycles. The van der Waals surface area contributed by atoms with Crippen LogP contribution in [0.1, 0.15) is 21.5 Å². The number of aromatic nitrogens is 2. The smallest absolute Gasteiger partial charge is 0.252 e. The Morgan fingerprint density at radius 2 is 1.86 bits per heavy atom. The van der Waals surface area contributed by atoms with Gasteiger partial charge in [0.1, 0.15) is 5.82 Å². The van der Waals surface area contributed by atoms with Crippen LogP contribution >= 0.6 is 0 Å². The van der Waals surface area contributed by atoms with Crippen LogP contribution in [-0.4, -0.2) is 36.6 Å². The van der Waals surface area contributed by atoms with Crippen molar-refractivity contribution in [3.63, 3.8) is 0 Å². The quantitative estimate of drug-likeness (QED) is 0.582. The van der Waals surface area contributed by atoms with Gasteiger partial charge in [-0.1, -0.05) is 12.1 Å². The van der Waals surface area contributed by atoms with Crippen LogP contribution < -0.4 is 20.1 Å². The molecule has 7 heteroatoms. The summed E-state index contributed by atoms with van der Waals surface area (Å²) in [5, 5.41) is 6.12. The second-order valence-electron chi connectivity index (χ2n) is 6.34. The molecule has 0 aliphatic heterocycles. The van der Waals surface area contributed by atoms with E-state index in [4.69, 9.17) is 9.47 Å². The van der Waals surface area contributed by atoms with Gasteiger partial charge in [0.25, 0.3) is 5.91 Å². The largest absolute Gasteiger partial charge is 0.493 e. The first-order chi connectivity index (χ1) is 14.2. The Balaban J connectivity index is 1.48. The minimum atomic E-state index is -0.156. The standard InChI is InChI=1S/C22H24N4O3/c1-28-19-7-5-16(12-20(19)29-2)9-11-24-22(27)18-6-8-21(26-15-18)25-14-17-4-3-10-23-13-17/h3-8,10,12-13,15H,9,11,14H2,1-2H3,(H,24,27)(H,25,26). The van der Waals surface area contributed by atoms with Crippen molar-refractivity contribution in [2.24, 2.45) is 0 Å². The van der Waals surface area contributed by atoms with Crippen molar-refractivity contribution < 1.29 is 14.3 Å². The second kappa shape index (κ2) is 10.1. The number of amides is 1. The van der Waals surface area contributed by atoms with Gasteiger partial charge in [-0.3, -0.25) is 9.78 Å². The Kier molecular flexibility index (Phi) is 7.00. The van der Waals surface area contributed by atoms with E-state index >= 15 is 0 Å². The zero-order valence-corrected chi connectivity index (χ0v) is 16.5. The maximum atomic E-state index is 12.3. The Hall–Kier alpha value is -3.61. The monoisotopic (exact) mass is 392 g/mol. The average Bonchev–Trinajstić information content (AvgIpc) is 2.78. The van der Waals surface area contributed by atoms with E-state index in [9.17, 15) is 4.79 Å². The topological polar surface area (TPSA) is 85.4 Å². The molecule has 0 fully saturated rings. The van der Waals surface area contributed by atoms with E-state index in [1.54, 1.807) is 44.9 Å². The molecule has 0 aliphatic carbocycles. The van der Waals surface area contributed by atoms with Gasteiger partial charge in [0.2, 0.25) is 0 Å². The Morgan fingerprint density at radius 1 is 1.00 bits per heavy atom. The van der Waals surface area contributed by atoms with Crippen molar-refractivity contribution in [1.82, 2.24) is 15.3 Å². The number of hydrogen-bond donors (Lipinski definition) is 2. The molecule has 0 bridgehead atoms. The number of pyridine rings is 2. The molecule has 0 unspecified atom stereocenters. The summed E-state index contributed by atoms with van der Waals surface area (Å²) in [6, 6.07) is 13.1. The Labute approximate surface area is 170 Å². The number of carbonyl (C=O) groups excluding carboxylic acids is 1. The molecule has 150 valence electrons. The minimum absolute atomic E-state index is 0.156. The van der Waals surface area contributed by atoms with E-state index in [1.807, 2.05) is 30.3 Å². The molecule has 7 nitrogen and oxygen atoms in total. The molecule has 1 amide bonds. The summed E-state index contributed by atoms with van der Waals surface area (Å²) < 4.78 is 10.5. The summed E-state index contributed by atoms with van der Waals surface area (Å²) in [6.07, 6.45) is 5.79. The number of nitrogens with zero attached hydrogens (tertiary/aromatic N) is 2. The summed E-state index contributed by atoms with van der Waals surface area (Å²) >= 11 is 0. The van der Waals surface area contributed by atoms with Gasteiger partial charge in [-0.25, -0.2) is 4.98 Å². The molecule has 0 spiro atoms. The first-order valence-corrected chi connectivity index (χ1v) is 9.27. The van der Waals surface area contributed by atoms with Crippen LogP contribution in [0.2, 0.25) is 0 Å². The van der Waals surface area contributed by atoms with E-state index in [-0.39, 0.29) is 5.91 Å². The lowest BCUT2D eigenvalue weighted by Gasteiger charge is -2.10. The molecule has 0 saturated heterocycles. The molecular formula is C22H24N4O3. The van der Waals surface area contributed by atoms with Gasteiger partial charge in [0.05, 0.1) is 19.8 Å². The lowest BCUT2D eigenvalue weighted by Crippen LogP contribution is -2.25. The molecule has 0 atom stereocenters. The number of hydrogen-bond acceptors (Lipinski definition) is 6. The van der Waals surface area contributed by atoms with Crippen molar-refractivity contribution in [2.45, 2.75) is 13.0 Å². The highest BCUT2D eigenvalue weighted by molar-refractivity contribution is 5.94. The molecule has 0 saturated carbocycles. The minimum Gasteiger partial charge on any atom is -0.493 e. The first kappa shape index (κ1) is 20.1. The molecule has 0 radical (unpaired) electrons. The van der Waals surface area contributed by atoms with Gasteiger partial charge in [-0.2, -0.15) is 0 Å². The summed E-state index contributed by atoms with van der Waals surface area (Å²) in [7, 11) is 3.21. The van der Waals surface area contributed by atoms with Crippen LogP contribution in [0.3, 0.4) is 0 Å². The normalized spacial score (nSPS) is 10.3. The molecule has 3 rings (SSSR count). The molecule has 3 aromatic rings. The van der Waals surface area contributed by atoms with Crippen molar-refractivity contribution in [1.29, 1.82) is 0 Å². The third kappa shape index (κ3) is 5.68. The van der Waals surface area contributed by atoms with Crippen molar-refractivity contribution in [3.05, 3.63) is 77.7 Å². The Bertz CT molecular complexity index is 931. The molecule has 2 N–H and O–H groups in total. The molecular weight excluding hydrogens is 368 g/mol. The number of ether oxygens (including phenoxy) is 2. The highest BCUT2D eigenvalue weighted by Gasteiger charge is 2.08. The first-order valence-electron chi connectivity index (χ1n) is 9.27. The summed E-state index contributed by atoms with van der Waals surface area (Å²) in [4.78, 5) is 20.7. The maximum absolute atomic E-state index is 12.3. The van der Waals surface area contributed by atoms with Crippen LogP contribution in [0.15, 0.2) is 61.1 Å². The van der Waals surface area contributed by atoms with Crippen molar-refractivity contribution >= 4 is 11.7 Å². The van der Waals surface area contributed by atoms with E-state index in [0.717, 1.165) is 11.1 Å². The van der Waals surface area contributed by atoms with Crippen LogP contribution in [0.4, 0.5) is 5.82 Å². The zero-order chi connectivity index (χ0) is 20.5. The third-order valence-electron chi connectivity index (χ3n) is 4.37. The number of benzene rings is 1. The van der Waals surface area contributed by atoms with Crippen LogP contribution in [0, 0.1) is 0 Å².